The highest BCUT2D eigenvalue weighted by molar-refractivity contribution is 9.11. The minimum Gasteiger partial charge on any atom is -0.487 e. The van der Waals surface area contributed by atoms with E-state index in [1.165, 1.54) is 22.7 Å². The van der Waals surface area contributed by atoms with Gasteiger partial charge in [0.15, 0.2) is 4.80 Å². The lowest BCUT2D eigenvalue weighted by Gasteiger charge is -2.23. The fraction of sp³-hybridized carbons (Fsp3) is 0.179. The number of fused-ring (bicyclic) bond motifs is 1. The number of carbonyl (C=O) groups excluding carboxylic acids is 1. The number of halogens is 2. The smallest absolute Gasteiger partial charge is 0.338 e. The van der Waals surface area contributed by atoms with Gasteiger partial charge in [-0.1, -0.05) is 63.7 Å². The number of thiazole rings is 1. The molecule has 6 nitrogen and oxygen atoms in total. The van der Waals surface area contributed by atoms with Crippen molar-refractivity contribution in [2.75, 3.05) is 6.61 Å². The van der Waals surface area contributed by atoms with Gasteiger partial charge in [-0.25, -0.2) is 9.79 Å². The van der Waals surface area contributed by atoms with Crippen LogP contribution in [-0.2, 0) is 16.1 Å². The molecule has 1 atom stereocenters. The summed E-state index contributed by atoms with van der Waals surface area (Å²) in [6, 6.07) is 16.9. The van der Waals surface area contributed by atoms with Crippen LogP contribution in [0.2, 0.25) is 0 Å². The monoisotopic (exact) mass is 672 g/mol. The molecule has 5 rings (SSSR count). The lowest BCUT2D eigenvalue weighted by atomic mass is 10.0. The third-order valence-electron chi connectivity index (χ3n) is 5.88. The minimum atomic E-state index is -0.601. The lowest BCUT2D eigenvalue weighted by Crippen LogP contribution is -2.39. The van der Waals surface area contributed by atoms with Gasteiger partial charge in [-0.3, -0.25) is 9.36 Å². The first-order valence-electron chi connectivity index (χ1n) is 11.8. The van der Waals surface area contributed by atoms with Gasteiger partial charge >= 0.3 is 5.97 Å². The highest BCUT2D eigenvalue weighted by Gasteiger charge is 2.33. The Morgan fingerprint density at radius 1 is 1.16 bits per heavy atom. The Hall–Kier alpha value is -2.79. The van der Waals surface area contributed by atoms with Gasteiger partial charge in [0.2, 0.25) is 0 Å². The molecule has 0 radical (unpaired) electrons. The minimum absolute atomic E-state index is 0.230. The number of rotatable bonds is 7. The predicted octanol–water partition coefficient (Wildman–Crippen LogP) is 5.96. The molecule has 0 amide bonds. The summed E-state index contributed by atoms with van der Waals surface area (Å²) in [5, 5.41) is 1.93. The maximum atomic E-state index is 13.9. The summed E-state index contributed by atoms with van der Waals surface area (Å²) in [5.41, 5.74) is 2.47. The van der Waals surface area contributed by atoms with E-state index in [2.05, 4.69) is 36.9 Å². The molecule has 0 aliphatic carbocycles. The first kappa shape index (κ1) is 26.8. The third kappa shape index (κ3) is 5.36. The van der Waals surface area contributed by atoms with Gasteiger partial charge in [0.05, 0.1) is 26.9 Å². The Bertz CT molecular complexity index is 1710. The molecule has 2 aromatic carbocycles. The largest absolute Gasteiger partial charge is 0.487 e. The standard InChI is InChI=1S/C28H22Br2N2O4S2/c1-3-35-27(34)23-16(2)31-28-32(24(23)21-10-7-11-37-21)26(33)22(38-28)13-18-12-19(29)14-20(30)25(18)36-15-17-8-5-4-6-9-17/h4-14,24H,3,15H2,1-2H3/b22-13-/t24-/m1/s1. The SMILES string of the molecule is CCOC(=O)C1=C(C)N=c2s/c(=C\c3cc(Br)cc(Br)c3OCc3ccccc3)c(=O)n2[C@@H]1c1cccs1. The normalized spacial score (nSPS) is 15.3. The third-order valence-corrected chi connectivity index (χ3v) is 8.83. The van der Waals surface area contributed by atoms with Gasteiger partial charge in [-0.15, -0.1) is 11.3 Å². The first-order chi connectivity index (χ1) is 18.4. The number of ether oxygens (including phenoxy) is 2. The van der Waals surface area contributed by atoms with Gasteiger partial charge in [0, 0.05) is 14.9 Å². The molecule has 38 heavy (non-hydrogen) atoms. The van der Waals surface area contributed by atoms with Crippen molar-refractivity contribution in [2.24, 2.45) is 4.99 Å². The number of esters is 1. The summed E-state index contributed by atoms with van der Waals surface area (Å²) < 4.78 is 15.2. The van der Waals surface area contributed by atoms with E-state index >= 15 is 0 Å². The van der Waals surface area contributed by atoms with Gasteiger partial charge < -0.3 is 9.47 Å². The van der Waals surface area contributed by atoms with Crippen LogP contribution >= 0.6 is 54.5 Å². The second-order valence-corrected chi connectivity index (χ2v) is 12.2. The Morgan fingerprint density at radius 2 is 1.95 bits per heavy atom. The van der Waals surface area contributed by atoms with E-state index in [-0.39, 0.29) is 12.2 Å². The summed E-state index contributed by atoms with van der Waals surface area (Å²) in [6.07, 6.45) is 1.81. The fourth-order valence-electron chi connectivity index (χ4n) is 4.22. The van der Waals surface area contributed by atoms with E-state index in [9.17, 15) is 9.59 Å². The Labute approximate surface area is 243 Å². The number of aromatic nitrogens is 1. The number of hydrogen-bond acceptors (Lipinski definition) is 7. The van der Waals surface area contributed by atoms with E-state index in [4.69, 9.17) is 9.47 Å². The molecule has 1 aliphatic rings. The Kier molecular flexibility index (Phi) is 8.13. The molecule has 10 heteroatoms. The molecule has 4 aromatic rings. The number of hydrogen-bond donors (Lipinski definition) is 0. The summed E-state index contributed by atoms with van der Waals surface area (Å²) in [4.78, 5) is 32.9. The fourth-order valence-corrected chi connectivity index (χ4v) is 7.45. The molecule has 194 valence electrons. The molecule has 0 N–H and O–H groups in total. The summed E-state index contributed by atoms with van der Waals surface area (Å²) in [5.74, 6) is 0.162. The van der Waals surface area contributed by atoms with Crippen LogP contribution in [0.15, 0.2) is 90.0 Å². The van der Waals surface area contributed by atoms with Crippen molar-refractivity contribution >= 4 is 66.6 Å². The van der Waals surface area contributed by atoms with Gasteiger partial charge in [-0.2, -0.15) is 0 Å². The van der Waals surface area contributed by atoms with Crippen LogP contribution in [0.1, 0.15) is 35.9 Å². The summed E-state index contributed by atoms with van der Waals surface area (Å²) in [6.45, 7) is 4.16. The van der Waals surface area contributed by atoms with Crippen LogP contribution in [0, 0.1) is 0 Å². The van der Waals surface area contributed by atoms with Gasteiger partial charge in [-0.05, 0) is 65.0 Å². The first-order valence-corrected chi connectivity index (χ1v) is 15.0. The van der Waals surface area contributed by atoms with Crippen molar-refractivity contribution in [1.82, 2.24) is 4.57 Å². The molecule has 0 spiro atoms. The Balaban J connectivity index is 1.64. The summed E-state index contributed by atoms with van der Waals surface area (Å²) in [7, 11) is 0. The van der Waals surface area contributed by atoms with E-state index in [0.29, 0.717) is 33.0 Å². The zero-order valence-corrected chi connectivity index (χ0v) is 25.2. The second kappa shape index (κ2) is 11.5. The molecule has 0 unspecified atom stereocenters. The molecule has 0 saturated heterocycles. The molecule has 0 bridgehead atoms. The molecular formula is C28H22Br2N2O4S2. The molecule has 2 aromatic heterocycles. The second-order valence-electron chi connectivity index (χ2n) is 8.40. The van der Waals surface area contributed by atoms with Crippen molar-refractivity contribution in [3.8, 4) is 5.75 Å². The highest BCUT2D eigenvalue weighted by Crippen LogP contribution is 2.35. The Morgan fingerprint density at radius 3 is 2.66 bits per heavy atom. The molecule has 0 saturated carbocycles. The van der Waals surface area contributed by atoms with Crippen molar-refractivity contribution in [3.05, 3.63) is 116 Å². The van der Waals surface area contributed by atoms with Crippen LogP contribution in [-0.4, -0.2) is 17.1 Å². The van der Waals surface area contributed by atoms with E-state index in [1.807, 2.05) is 66.1 Å². The van der Waals surface area contributed by atoms with Crippen LogP contribution < -0.4 is 19.6 Å². The molecular weight excluding hydrogens is 652 g/mol. The van der Waals surface area contributed by atoms with E-state index in [0.717, 1.165) is 24.9 Å². The number of allylic oxidation sites excluding steroid dienone is 1. The van der Waals surface area contributed by atoms with Crippen LogP contribution in [0.25, 0.3) is 6.08 Å². The van der Waals surface area contributed by atoms with Crippen LogP contribution in [0.5, 0.6) is 5.75 Å². The van der Waals surface area contributed by atoms with Crippen LogP contribution in [0.4, 0.5) is 0 Å². The zero-order valence-electron chi connectivity index (χ0n) is 20.4. The quantitative estimate of drug-likeness (QED) is 0.227. The average Bonchev–Trinajstić information content (AvgIpc) is 3.52. The number of benzene rings is 2. The van der Waals surface area contributed by atoms with Crippen LogP contribution in [0.3, 0.4) is 0 Å². The summed E-state index contributed by atoms with van der Waals surface area (Å²) >= 11 is 9.94. The number of nitrogens with zero attached hydrogens (tertiary/aromatic N) is 2. The van der Waals surface area contributed by atoms with Gasteiger partial charge in [0.25, 0.3) is 5.56 Å². The van der Waals surface area contributed by atoms with E-state index in [1.54, 1.807) is 18.4 Å². The number of carbonyl (C=O) groups is 1. The number of thiophene rings is 1. The van der Waals surface area contributed by atoms with Crippen molar-refractivity contribution < 1.29 is 14.3 Å². The highest BCUT2D eigenvalue weighted by atomic mass is 79.9. The maximum absolute atomic E-state index is 13.9. The van der Waals surface area contributed by atoms with Gasteiger partial charge in [0.1, 0.15) is 18.4 Å². The predicted molar refractivity (Wildman–Crippen MR) is 157 cm³/mol. The van der Waals surface area contributed by atoms with E-state index < -0.39 is 12.0 Å². The lowest BCUT2D eigenvalue weighted by molar-refractivity contribution is -0.139. The molecule has 0 fully saturated rings. The molecule has 3 heterocycles. The topological polar surface area (TPSA) is 69.9 Å². The molecule has 1 aliphatic heterocycles. The maximum Gasteiger partial charge on any atom is 0.338 e. The van der Waals surface area contributed by atoms with Crippen molar-refractivity contribution in [3.63, 3.8) is 0 Å². The van der Waals surface area contributed by atoms with Crippen molar-refractivity contribution in [1.29, 1.82) is 0 Å². The average molecular weight is 674 g/mol. The zero-order chi connectivity index (χ0) is 26.8. The van der Waals surface area contributed by atoms with Crippen molar-refractivity contribution in [2.45, 2.75) is 26.5 Å².